The number of benzene rings is 1. The minimum absolute atomic E-state index is 0.155. The van der Waals surface area contributed by atoms with Gasteiger partial charge < -0.3 is 4.42 Å². The van der Waals surface area contributed by atoms with Gasteiger partial charge in [-0.3, -0.25) is 0 Å². The Morgan fingerprint density at radius 1 is 1.35 bits per heavy atom. The van der Waals surface area contributed by atoms with Crippen molar-refractivity contribution in [1.29, 1.82) is 0 Å². The molecule has 2 rings (SSSR count). The Bertz CT molecular complexity index is 487. The highest BCUT2D eigenvalue weighted by atomic mass is 35.5. The van der Waals surface area contributed by atoms with E-state index in [2.05, 4.69) is 11.2 Å². The summed E-state index contributed by atoms with van der Waals surface area (Å²) in [5.41, 5.74) is 1.09. The minimum atomic E-state index is 0.155. The highest BCUT2D eigenvalue weighted by molar-refractivity contribution is 7.98. The Balaban J connectivity index is 2.35. The fraction of sp³-hybridized carbons (Fsp3) is 0.250. The van der Waals surface area contributed by atoms with Crippen LogP contribution in [0.3, 0.4) is 0 Å². The molecular formula is C12H11Cl2NOS. The maximum Gasteiger partial charge on any atom is 0.180 e. The lowest BCUT2D eigenvalue weighted by molar-refractivity contribution is 0.492. The third-order valence-corrected chi connectivity index (χ3v) is 3.88. The molecule has 1 aromatic carbocycles. The summed E-state index contributed by atoms with van der Waals surface area (Å²) in [5, 5.41) is 1.13. The maximum absolute atomic E-state index is 6.03. The smallest absolute Gasteiger partial charge is 0.180 e. The van der Waals surface area contributed by atoms with Crippen LogP contribution in [0.2, 0.25) is 10.0 Å². The average molecular weight is 288 g/mol. The van der Waals surface area contributed by atoms with Crippen molar-refractivity contribution in [3.8, 4) is 0 Å². The molecule has 17 heavy (non-hydrogen) atoms. The van der Waals surface area contributed by atoms with Crippen LogP contribution in [0.4, 0.5) is 0 Å². The van der Waals surface area contributed by atoms with Crippen molar-refractivity contribution < 1.29 is 4.42 Å². The normalized spacial score (nSPS) is 12.6. The summed E-state index contributed by atoms with van der Waals surface area (Å²) in [6.45, 7) is 0. The Hall–Kier alpha value is -0.640. The monoisotopic (exact) mass is 287 g/mol. The topological polar surface area (TPSA) is 26.0 Å². The molecule has 0 bridgehead atoms. The van der Waals surface area contributed by atoms with Gasteiger partial charge in [-0.05, 0) is 24.0 Å². The number of hydrogen-bond acceptors (Lipinski definition) is 3. The predicted octanol–water partition coefficient (Wildman–Crippen LogP) is 4.48. The van der Waals surface area contributed by atoms with Gasteiger partial charge in [-0.1, -0.05) is 29.3 Å². The van der Waals surface area contributed by atoms with Crippen LogP contribution in [0.1, 0.15) is 17.2 Å². The van der Waals surface area contributed by atoms with E-state index in [-0.39, 0.29) is 5.92 Å². The number of oxazole rings is 1. The first-order valence-electron chi connectivity index (χ1n) is 5.04. The summed E-state index contributed by atoms with van der Waals surface area (Å²) in [6, 6.07) is 5.66. The molecule has 0 fully saturated rings. The Morgan fingerprint density at radius 2 is 2.18 bits per heavy atom. The molecule has 0 aliphatic carbocycles. The first-order chi connectivity index (χ1) is 8.22. The van der Waals surface area contributed by atoms with Crippen LogP contribution in [0.5, 0.6) is 0 Å². The van der Waals surface area contributed by atoms with Gasteiger partial charge in [0.2, 0.25) is 0 Å². The quantitative estimate of drug-likeness (QED) is 0.829. The first-order valence-corrected chi connectivity index (χ1v) is 7.19. The van der Waals surface area contributed by atoms with Gasteiger partial charge in [0.15, 0.2) is 6.39 Å². The fourth-order valence-corrected chi connectivity index (χ4v) is 2.63. The molecule has 2 nitrogen and oxygen atoms in total. The molecule has 0 amide bonds. The molecule has 0 aliphatic heterocycles. The Labute approximate surface area is 114 Å². The van der Waals surface area contributed by atoms with Crippen molar-refractivity contribution in [2.45, 2.75) is 5.92 Å². The highest BCUT2D eigenvalue weighted by Gasteiger charge is 2.17. The SMILES string of the molecule is CSCC(c1ccc(Cl)c(Cl)c1)c1cnco1. The second kappa shape index (κ2) is 5.80. The summed E-state index contributed by atoms with van der Waals surface area (Å²) in [5.74, 6) is 1.91. The molecule has 0 saturated carbocycles. The van der Waals surface area contributed by atoms with Crippen molar-refractivity contribution in [1.82, 2.24) is 4.98 Å². The van der Waals surface area contributed by atoms with Gasteiger partial charge in [0.1, 0.15) is 5.76 Å². The second-order valence-electron chi connectivity index (χ2n) is 3.59. The van der Waals surface area contributed by atoms with E-state index >= 15 is 0 Å². The van der Waals surface area contributed by atoms with Gasteiger partial charge in [-0.2, -0.15) is 11.8 Å². The number of hydrogen-bond donors (Lipinski definition) is 0. The Morgan fingerprint density at radius 3 is 2.76 bits per heavy atom. The van der Waals surface area contributed by atoms with Crippen molar-refractivity contribution >= 4 is 35.0 Å². The van der Waals surface area contributed by atoms with Crippen LogP contribution in [-0.2, 0) is 0 Å². The van der Waals surface area contributed by atoms with Crippen molar-refractivity contribution in [3.63, 3.8) is 0 Å². The van der Waals surface area contributed by atoms with Crippen LogP contribution in [0.25, 0.3) is 0 Å². The third-order valence-electron chi connectivity index (χ3n) is 2.47. The molecule has 5 heteroatoms. The summed E-state index contributed by atoms with van der Waals surface area (Å²) in [4.78, 5) is 3.96. The van der Waals surface area contributed by atoms with E-state index in [0.29, 0.717) is 10.0 Å². The number of rotatable bonds is 4. The van der Waals surface area contributed by atoms with Crippen LogP contribution >= 0.6 is 35.0 Å². The highest BCUT2D eigenvalue weighted by Crippen LogP contribution is 2.31. The number of nitrogens with zero attached hydrogens (tertiary/aromatic N) is 1. The standard InChI is InChI=1S/C12H11Cl2NOS/c1-17-6-9(12-5-15-7-16-12)8-2-3-10(13)11(14)4-8/h2-5,7,9H,6H2,1H3. The number of thioether (sulfide) groups is 1. The van der Waals surface area contributed by atoms with E-state index in [1.165, 1.54) is 6.39 Å². The van der Waals surface area contributed by atoms with Gasteiger partial charge in [-0.25, -0.2) is 4.98 Å². The zero-order valence-electron chi connectivity index (χ0n) is 9.19. The fourth-order valence-electron chi connectivity index (χ4n) is 1.64. The summed E-state index contributed by atoms with van der Waals surface area (Å²) < 4.78 is 5.37. The molecule has 1 atom stereocenters. The van der Waals surface area contributed by atoms with Gasteiger partial charge in [0.05, 0.1) is 22.2 Å². The lowest BCUT2D eigenvalue weighted by atomic mass is 9.99. The van der Waals surface area contributed by atoms with Gasteiger partial charge >= 0.3 is 0 Å². The molecule has 0 N–H and O–H groups in total. The van der Waals surface area contributed by atoms with E-state index in [9.17, 15) is 0 Å². The lowest BCUT2D eigenvalue weighted by Crippen LogP contribution is -2.03. The molecule has 0 spiro atoms. The molecule has 2 aromatic rings. The molecule has 1 unspecified atom stereocenters. The number of halogens is 2. The van der Waals surface area contributed by atoms with Crippen molar-refractivity contribution in [3.05, 3.63) is 52.2 Å². The van der Waals surface area contributed by atoms with Crippen LogP contribution < -0.4 is 0 Å². The van der Waals surface area contributed by atoms with Gasteiger partial charge in [0.25, 0.3) is 0 Å². The predicted molar refractivity (Wildman–Crippen MR) is 73.2 cm³/mol. The lowest BCUT2D eigenvalue weighted by Gasteiger charge is -2.13. The summed E-state index contributed by atoms with van der Waals surface area (Å²) in [7, 11) is 0. The van der Waals surface area contributed by atoms with Crippen LogP contribution in [0, 0.1) is 0 Å². The van der Waals surface area contributed by atoms with Gasteiger partial charge in [0, 0.05) is 5.75 Å². The largest absolute Gasteiger partial charge is 0.448 e. The Kier molecular flexibility index (Phi) is 4.37. The molecular weight excluding hydrogens is 277 g/mol. The molecule has 0 aliphatic rings. The third kappa shape index (κ3) is 2.97. The summed E-state index contributed by atoms with van der Waals surface area (Å²) in [6.07, 6.45) is 5.24. The van der Waals surface area contributed by atoms with E-state index in [0.717, 1.165) is 17.1 Å². The zero-order chi connectivity index (χ0) is 12.3. The van der Waals surface area contributed by atoms with E-state index in [4.69, 9.17) is 27.6 Å². The molecule has 0 saturated heterocycles. The molecule has 0 radical (unpaired) electrons. The molecule has 90 valence electrons. The van der Waals surface area contributed by atoms with E-state index in [1.807, 2.05) is 18.2 Å². The first kappa shape index (κ1) is 12.8. The molecule has 1 aromatic heterocycles. The van der Waals surface area contributed by atoms with Gasteiger partial charge in [-0.15, -0.1) is 0 Å². The van der Waals surface area contributed by atoms with Crippen molar-refractivity contribution in [2.75, 3.05) is 12.0 Å². The second-order valence-corrected chi connectivity index (χ2v) is 5.31. The summed E-state index contributed by atoms with van der Waals surface area (Å²) >= 11 is 13.7. The zero-order valence-corrected chi connectivity index (χ0v) is 11.5. The van der Waals surface area contributed by atoms with E-state index < -0.39 is 0 Å². The van der Waals surface area contributed by atoms with E-state index in [1.54, 1.807) is 18.0 Å². The maximum atomic E-state index is 6.03. The van der Waals surface area contributed by atoms with Crippen LogP contribution in [0.15, 0.2) is 35.2 Å². The molecule has 1 heterocycles. The number of aromatic nitrogens is 1. The van der Waals surface area contributed by atoms with Crippen LogP contribution in [-0.4, -0.2) is 17.0 Å². The average Bonchev–Trinajstić information content (AvgIpc) is 2.83. The van der Waals surface area contributed by atoms with Crippen molar-refractivity contribution in [2.24, 2.45) is 0 Å². The minimum Gasteiger partial charge on any atom is -0.448 e.